The molecule has 6 nitrogen and oxygen atoms in total. The molecule has 0 spiro atoms. The summed E-state index contributed by atoms with van der Waals surface area (Å²) in [5, 5.41) is 9.28. The van der Waals surface area contributed by atoms with E-state index >= 15 is 0 Å². The number of piperidine rings is 1. The van der Waals surface area contributed by atoms with Crippen LogP contribution >= 0.6 is 11.6 Å². The Morgan fingerprint density at radius 2 is 2.32 bits per heavy atom. The number of nitrogens with two attached hydrogens (primary N) is 1. The molecule has 1 aliphatic heterocycles. The molecule has 1 atom stereocenters. The second-order valence-corrected chi connectivity index (χ2v) is 6.94. The molecule has 0 amide bonds. The Morgan fingerprint density at radius 1 is 1.58 bits per heavy atom. The largest absolute Gasteiger partial charge is 0.396 e. The normalized spacial score (nSPS) is 21.5. The van der Waals surface area contributed by atoms with Crippen molar-refractivity contribution < 1.29 is 13.5 Å². The smallest absolute Gasteiger partial charge is 0.244 e. The number of aliphatic hydroxyl groups is 1. The van der Waals surface area contributed by atoms with Gasteiger partial charge in [-0.05, 0) is 24.8 Å². The Morgan fingerprint density at radius 3 is 2.95 bits per heavy atom. The van der Waals surface area contributed by atoms with Crippen LogP contribution in [0, 0.1) is 5.92 Å². The van der Waals surface area contributed by atoms with E-state index in [0.717, 1.165) is 12.8 Å². The molecule has 2 rings (SSSR count). The lowest BCUT2D eigenvalue weighted by Gasteiger charge is -2.30. The molecule has 1 unspecified atom stereocenters. The average molecular weight is 306 g/mol. The second kappa shape index (κ2) is 5.62. The summed E-state index contributed by atoms with van der Waals surface area (Å²) in [5.74, 6) is 0.0910. The molecule has 1 saturated heterocycles. The van der Waals surface area contributed by atoms with E-state index in [2.05, 4.69) is 4.98 Å². The number of hydrogen-bond acceptors (Lipinski definition) is 5. The molecule has 0 saturated carbocycles. The van der Waals surface area contributed by atoms with E-state index in [9.17, 15) is 8.42 Å². The van der Waals surface area contributed by atoms with Crippen molar-refractivity contribution in [1.82, 2.24) is 9.29 Å². The molecular formula is C11H16ClN3O3S. The maximum atomic E-state index is 12.4. The van der Waals surface area contributed by atoms with Gasteiger partial charge in [-0.3, -0.25) is 0 Å². The fourth-order valence-electron chi connectivity index (χ4n) is 2.12. The lowest BCUT2D eigenvalue weighted by molar-refractivity contribution is 0.165. The number of anilines is 1. The van der Waals surface area contributed by atoms with E-state index < -0.39 is 10.0 Å². The number of aromatic nitrogens is 1. The molecule has 8 heteroatoms. The third-order valence-electron chi connectivity index (χ3n) is 3.22. The highest BCUT2D eigenvalue weighted by Gasteiger charge is 2.30. The minimum atomic E-state index is -3.62. The summed E-state index contributed by atoms with van der Waals surface area (Å²) < 4.78 is 26.2. The summed E-state index contributed by atoms with van der Waals surface area (Å²) in [6, 6.07) is 1.31. The maximum Gasteiger partial charge on any atom is 0.244 e. The van der Waals surface area contributed by atoms with Crippen LogP contribution in [0.1, 0.15) is 12.8 Å². The highest BCUT2D eigenvalue weighted by molar-refractivity contribution is 7.89. The summed E-state index contributed by atoms with van der Waals surface area (Å²) in [7, 11) is -3.62. The number of nitrogen functional groups attached to an aromatic ring is 1. The first kappa shape index (κ1) is 14.5. The number of halogens is 1. The summed E-state index contributed by atoms with van der Waals surface area (Å²) in [6.07, 6.45) is 2.78. The first-order chi connectivity index (χ1) is 8.95. The van der Waals surface area contributed by atoms with Crippen LogP contribution in [0.4, 0.5) is 5.82 Å². The number of hydrogen-bond donors (Lipinski definition) is 2. The number of nitrogens with zero attached hydrogens (tertiary/aromatic N) is 2. The van der Waals surface area contributed by atoms with Gasteiger partial charge in [0, 0.05) is 25.9 Å². The summed E-state index contributed by atoms with van der Waals surface area (Å²) in [4.78, 5) is 3.80. The monoisotopic (exact) mass is 305 g/mol. The highest BCUT2D eigenvalue weighted by Crippen LogP contribution is 2.26. The maximum absolute atomic E-state index is 12.4. The van der Waals surface area contributed by atoms with E-state index in [4.69, 9.17) is 22.4 Å². The van der Waals surface area contributed by atoms with Gasteiger partial charge >= 0.3 is 0 Å². The fraction of sp³-hybridized carbons (Fsp3) is 0.545. The van der Waals surface area contributed by atoms with E-state index in [0.29, 0.717) is 13.1 Å². The van der Waals surface area contributed by atoms with Gasteiger partial charge in [-0.15, -0.1) is 0 Å². The van der Waals surface area contributed by atoms with Crippen molar-refractivity contribution in [2.45, 2.75) is 17.7 Å². The van der Waals surface area contributed by atoms with Gasteiger partial charge in [0.15, 0.2) is 0 Å². The molecule has 1 aromatic rings. The molecule has 0 bridgehead atoms. The van der Waals surface area contributed by atoms with Crippen molar-refractivity contribution in [3.05, 3.63) is 17.3 Å². The van der Waals surface area contributed by atoms with Gasteiger partial charge in [-0.2, -0.15) is 4.31 Å². The van der Waals surface area contributed by atoms with Crippen LogP contribution in [0.3, 0.4) is 0 Å². The molecule has 0 aliphatic carbocycles. The van der Waals surface area contributed by atoms with E-state index in [-0.39, 0.29) is 28.3 Å². The van der Waals surface area contributed by atoms with Gasteiger partial charge in [-0.1, -0.05) is 11.6 Å². The number of sulfonamides is 1. The topological polar surface area (TPSA) is 96.5 Å². The third-order valence-corrected chi connectivity index (χ3v) is 5.36. The zero-order valence-corrected chi connectivity index (χ0v) is 11.9. The average Bonchev–Trinajstić information content (AvgIpc) is 2.41. The van der Waals surface area contributed by atoms with Crippen LogP contribution in [0.25, 0.3) is 0 Å². The van der Waals surface area contributed by atoms with Crippen molar-refractivity contribution in [3.8, 4) is 0 Å². The summed E-state index contributed by atoms with van der Waals surface area (Å²) in [6.45, 7) is 0.758. The highest BCUT2D eigenvalue weighted by atomic mass is 35.5. The van der Waals surface area contributed by atoms with Crippen molar-refractivity contribution >= 4 is 27.4 Å². The Bertz CT molecular complexity index is 564. The molecule has 3 N–H and O–H groups in total. The van der Waals surface area contributed by atoms with Crippen LogP contribution in [-0.2, 0) is 10.0 Å². The summed E-state index contributed by atoms with van der Waals surface area (Å²) in [5.41, 5.74) is 5.47. The van der Waals surface area contributed by atoms with Crippen LogP contribution < -0.4 is 5.73 Å². The lowest BCUT2D eigenvalue weighted by atomic mass is 10.0. The molecule has 2 heterocycles. The van der Waals surface area contributed by atoms with Gasteiger partial charge in [0.2, 0.25) is 10.0 Å². The van der Waals surface area contributed by atoms with Gasteiger partial charge in [0.1, 0.15) is 10.7 Å². The minimum absolute atomic E-state index is 0.00718. The Balaban J connectivity index is 2.28. The first-order valence-electron chi connectivity index (χ1n) is 5.97. The van der Waals surface area contributed by atoms with E-state index in [1.165, 1.54) is 16.6 Å². The quantitative estimate of drug-likeness (QED) is 0.857. The van der Waals surface area contributed by atoms with Crippen LogP contribution in [0.2, 0.25) is 5.02 Å². The molecule has 0 aromatic carbocycles. The molecule has 106 valence electrons. The molecule has 1 fully saturated rings. The molecule has 19 heavy (non-hydrogen) atoms. The van der Waals surface area contributed by atoms with Crippen molar-refractivity contribution in [1.29, 1.82) is 0 Å². The van der Waals surface area contributed by atoms with Gasteiger partial charge in [0.05, 0.1) is 5.02 Å². The Hall–Kier alpha value is -0.890. The van der Waals surface area contributed by atoms with Crippen molar-refractivity contribution in [3.63, 3.8) is 0 Å². The van der Waals surface area contributed by atoms with Crippen LogP contribution in [-0.4, -0.2) is 42.5 Å². The van der Waals surface area contributed by atoms with Crippen LogP contribution in [0.15, 0.2) is 17.2 Å². The lowest BCUT2D eigenvalue weighted by Crippen LogP contribution is -2.40. The number of aliphatic hydroxyl groups excluding tert-OH is 1. The SMILES string of the molecule is Nc1ncc(S(=O)(=O)N2CCCC(CO)C2)cc1Cl. The minimum Gasteiger partial charge on any atom is -0.396 e. The first-order valence-corrected chi connectivity index (χ1v) is 7.79. The number of pyridine rings is 1. The van der Waals surface area contributed by atoms with E-state index in [1.807, 2.05) is 0 Å². The zero-order valence-electron chi connectivity index (χ0n) is 10.3. The molecule has 1 aliphatic rings. The van der Waals surface area contributed by atoms with Crippen molar-refractivity contribution in [2.75, 3.05) is 25.4 Å². The third kappa shape index (κ3) is 3.00. The molecule has 1 aromatic heterocycles. The second-order valence-electron chi connectivity index (χ2n) is 4.59. The van der Waals surface area contributed by atoms with Gasteiger partial charge in [0.25, 0.3) is 0 Å². The van der Waals surface area contributed by atoms with Crippen molar-refractivity contribution in [2.24, 2.45) is 5.92 Å². The predicted molar refractivity (Wildman–Crippen MR) is 72.2 cm³/mol. The molecule has 0 radical (unpaired) electrons. The predicted octanol–water partition coefficient (Wildman–Crippen LogP) is 0.710. The van der Waals surface area contributed by atoms with E-state index in [1.54, 1.807) is 0 Å². The summed E-state index contributed by atoms with van der Waals surface area (Å²) >= 11 is 5.80. The fourth-order valence-corrected chi connectivity index (χ4v) is 3.87. The standard InChI is InChI=1S/C11H16ClN3O3S/c12-10-4-9(5-14-11(10)13)19(17,18)15-3-1-2-8(6-15)7-16/h4-5,8,16H,1-3,6-7H2,(H2,13,14). The molecular weight excluding hydrogens is 290 g/mol. The number of rotatable bonds is 3. The Labute approximate surface area is 117 Å². The Kier molecular flexibility index (Phi) is 4.29. The zero-order chi connectivity index (χ0) is 14.0. The van der Waals surface area contributed by atoms with Gasteiger partial charge < -0.3 is 10.8 Å². The van der Waals surface area contributed by atoms with Gasteiger partial charge in [-0.25, -0.2) is 13.4 Å². The van der Waals surface area contributed by atoms with Crippen LogP contribution in [0.5, 0.6) is 0 Å².